The van der Waals surface area contributed by atoms with E-state index in [-0.39, 0.29) is 0 Å². The Bertz CT molecular complexity index is 4430. The zero-order valence-electron chi connectivity index (χ0n) is 40.0. The summed E-state index contributed by atoms with van der Waals surface area (Å²) in [6.45, 7) is 0. The average Bonchev–Trinajstić information content (AvgIpc) is 3.82. The second-order valence-electron chi connectivity index (χ2n) is 19.0. The molecule has 12 aromatic carbocycles. The number of nitrogens with zero attached hydrogens (tertiary/aromatic N) is 4. The van der Waals surface area contributed by atoms with Crippen LogP contribution in [0.2, 0.25) is 0 Å². The van der Waals surface area contributed by atoms with Gasteiger partial charge in [0.1, 0.15) is 0 Å². The van der Waals surface area contributed by atoms with Crippen molar-refractivity contribution in [3.05, 3.63) is 260 Å². The minimum absolute atomic E-state index is 0.594. The first-order valence-corrected chi connectivity index (χ1v) is 25.0. The van der Waals surface area contributed by atoms with Crippen LogP contribution in [0, 0.1) is 11.3 Å². The number of benzene rings is 12. The molecule has 74 heavy (non-hydrogen) atoms. The molecule has 1 aliphatic rings. The second-order valence-corrected chi connectivity index (χ2v) is 19.0. The molecule has 14 rings (SSSR count). The molecule has 0 fully saturated rings. The Morgan fingerprint density at radius 2 is 0.716 bits per heavy atom. The summed E-state index contributed by atoms with van der Waals surface area (Å²) in [6.07, 6.45) is 0. The number of fused-ring (bicyclic) bond motifs is 6. The Kier molecular flexibility index (Phi) is 10.2. The van der Waals surface area contributed by atoms with Crippen molar-refractivity contribution in [1.82, 2.24) is 15.0 Å². The van der Waals surface area contributed by atoms with Gasteiger partial charge >= 0.3 is 0 Å². The molecule has 1 aliphatic carbocycles. The molecular weight excluding hydrogens is 897 g/mol. The van der Waals surface area contributed by atoms with Gasteiger partial charge in [0.2, 0.25) is 0 Å². The fraction of sp³-hybridized carbons (Fsp3) is 0. The largest absolute Gasteiger partial charge is 0.208 e. The van der Waals surface area contributed by atoms with Gasteiger partial charge in [0.15, 0.2) is 17.5 Å². The molecule has 4 nitrogen and oxygen atoms in total. The maximum Gasteiger partial charge on any atom is 0.164 e. The van der Waals surface area contributed by atoms with Gasteiger partial charge in [-0.1, -0.05) is 212 Å². The van der Waals surface area contributed by atoms with Crippen molar-refractivity contribution in [2.75, 3.05) is 0 Å². The first-order valence-electron chi connectivity index (χ1n) is 25.0. The Labute approximate surface area is 428 Å². The Balaban J connectivity index is 0.808. The quantitative estimate of drug-likeness (QED) is 0.142. The van der Waals surface area contributed by atoms with Gasteiger partial charge in [-0.2, -0.15) is 5.26 Å². The minimum Gasteiger partial charge on any atom is -0.208 e. The van der Waals surface area contributed by atoms with Crippen LogP contribution in [0.25, 0.3) is 144 Å². The van der Waals surface area contributed by atoms with E-state index in [2.05, 4.69) is 218 Å². The van der Waals surface area contributed by atoms with E-state index in [0.717, 1.165) is 66.8 Å². The lowest BCUT2D eigenvalue weighted by molar-refractivity contribution is 1.07. The minimum atomic E-state index is 0.594. The van der Waals surface area contributed by atoms with E-state index in [4.69, 9.17) is 15.0 Å². The first-order chi connectivity index (χ1) is 36.6. The fourth-order valence-electron chi connectivity index (χ4n) is 11.1. The van der Waals surface area contributed by atoms with Crippen LogP contribution in [0.3, 0.4) is 0 Å². The molecule has 0 spiro atoms. The van der Waals surface area contributed by atoms with Gasteiger partial charge < -0.3 is 0 Å². The molecular formula is C70H42N4. The highest BCUT2D eigenvalue weighted by Gasteiger charge is 2.22. The smallest absolute Gasteiger partial charge is 0.164 e. The molecule has 0 aliphatic heterocycles. The third kappa shape index (κ3) is 7.43. The average molecular weight is 939 g/mol. The molecule has 0 atom stereocenters. The Hall–Kier alpha value is -10.1. The Morgan fingerprint density at radius 1 is 0.243 bits per heavy atom. The zero-order valence-corrected chi connectivity index (χ0v) is 40.0. The number of nitriles is 1. The standard InChI is InChI=1S/C70H42N4/c71-43-44-29-35-58(64(37-44)53-21-10-22-54(40-53)65-42-55-15-4-5-24-57(55)59-25-6-7-26-60(59)65)52-20-8-18-49(38-52)50-19-9-23-56(39-50)70-73-68(47-13-2-1-3-14-47)72-69(74-70)48-32-30-45(31-33-48)51-34-36-61-62-27-11-16-46-17-12-28-63(67(46)62)66(61)41-51/h1-42H. The lowest BCUT2D eigenvalue weighted by Gasteiger charge is -2.15. The highest BCUT2D eigenvalue weighted by atomic mass is 15.0. The van der Waals surface area contributed by atoms with Crippen molar-refractivity contribution < 1.29 is 0 Å². The van der Waals surface area contributed by atoms with Crippen molar-refractivity contribution in [2.24, 2.45) is 0 Å². The van der Waals surface area contributed by atoms with Gasteiger partial charge in [0.25, 0.3) is 0 Å². The summed E-state index contributed by atoms with van der Waals surface area (Å²) in [4.78, 5) is 15.3. The summed E-state index contributed by atoms with van der Waals surface area (Å²) in [5.74, 6) is 1.81. The second kappa shape index (κ2) is 17.6. The highest BCUT2D eigenvalue weighted by Crippen LogP contribution is 2.48. The van der Waals surface area contributed by atoms with Crippen LogP contribution in [0.15, 0.2) is 255 Å². The Morgan fingerprint density at radius 3 is 1.45 bits per heavy atom. The monoisotopic (exact) mass is 938 g/mol. The molecule has 0 saturated carbocycles. The first kappa shape index (κ1) is 42.8. The van der Waals surface area contributed by atoms with E-state index in [1.54, 1.807) is 0 Å². The van der Waals surface area contributed by atoms with E-state index < -0.39 is 0 Å². The van der Waals surface area contributed by atoms with Gasteiger partial charge in [-0.05, 0) is 153 Å². The molecule has 0 amide bonds. The number of aromatic nitrogens is 3. The summed E-state index contributed by atoms with van der Waals surface area (Å²) >= 11 is 0. The predicted molar refractivity (Wildman–Crippen MR) is 305 cm³/mol. The van der Waals surface area contributed by atoms with Gasteiger partial charge in [-0.15, -0.1) is 0 Å². The van der Waals surface area contributed by atoms with Crippen LogP contribution in [-0.4, -0.2) is 15.0 Å². The summed E-state index contributed by atoms with van der Waals surface area (Å²) in [5.41, 5.74) is 19.3. The van der Waals surface area contributed by atoms with Gasteiger partial charge in [-0.25, -0.2) is 15.0 Å². The van der Waals surface area contributed by atoms with Crippen LogP contribution >= 0.6 is 0 Å². The molecule has 342 valence electrons. The van der Waals surface area contributed by atoms with Gasteiger partial charge in [0, 0.05) is 16.7 Å². The summed E-state index contributed by atoms with van der Waals surface area (Å²) in [6, 6.07) is 92.4. The van der Waals surface area contributed by atoms with E-state index in [9.17, 15) is 5.26 Å². The molecule has 0 bridgehead atoms. The van der Waals surface area contributed by atoms with Crippen molar-refractivity contribution >= 4 is 32.3 Å². The lowest BCUT2D eigenvalue weighted by Crippen LogP contribution is -2.00. The third-order valence-corrected chi connectivity index (χ3v) is 14.7. The SMILES string of the molecule is N#Cc1ccc(-c2cccc(-c3cccc(-c4nc(-c5ccccc5)nc(-c5ccc(-c6ccc7c(c6)-c6cccc8cccc-7c68)cc5)n4)c3)c2)c(-c2cccc(-c3cc4ccccc4c4ccccc34)c2)c1. The van der Waals surface area contributed by atoms with Gasteiger partial charge in [-0.3, -0.25) is 0 Å². The summed E-state index contributed by atoms with van der Waals surface area (Å²) in [7, 11) is 0. The zero-order chi connectivity index (χ0) is 49.1. The summed E-state index contributed by atoms with van der Waals surface area (Å²) in [5, 5.41) is 17.6. The third-order valence-electron chi connectivity index (χ3n) is 14.7. The molecule has 0 unspecified atom stereocenters. The van der Waals surface area contributed by atoms with E-state index >= 15 is 0 Å². The van der Waals surface area contributed by atoms with E-state index in [0.29, 0.717) is 23.0 Å². The van der Waals surface area contributed by atoms with Crippen LogP contribution < -0.4 is 0 Å². The fourth-order valence-corrected chi connectivity index (χ4v) is 11.1. The highest BCUT2D eigenvalue weighted by molar-refractivity contribution is 6.16. The molecule has 1 aromatic heterocycles. The van der Waals surface area contributed by atoms with Crippen molar-refractivity contribution in [3.63, 3.8) is 0 Å². The van der Waals surface area contributed by atoms with Crippen LogP contribution in [0.1, 0.15) is 5.56 Å². The molecule has 4 heteroatoms. The molecule has 0 radical (unpaired) electrons. The number of hydrogen-bond acceptors (Lipinski definition) is 4. The number of hydrogen-bond donors (Lipinski definition) is 0. The summed E-state index contributed by atoms with van der Waals surface area (Å²) < 4.78 is 0. The van der Waals surface area contributed by atoms with E-state index in [1.165, 1.54) is 60.1 Å². The maximum absolute atomic E-state index is 10.2. The van der Waals surface area contributed by atoms with Crippen LogP contribution in [-0.2, 0) is 0 Å². The predicted octanol–water partition coefficient (Wildman–Crippen LogP) is 18.2. The topological polar surface area (TPSA) is 62.5 Å². The maximum atomic E-state index is 10.2. The van der Waals surface area contributed by atoms with Crippen molar-refractivity contribution in [3.8, 4) is 118 Å². The number of rotatable bonds is 8. The molecule has 0 saturated heterocycles. The lowest BCUT2D eigenvalue weighted by atomic mass is 9.88. The van der Waals surface area contributed by atoms with E-state index in [1.807, 2.05) is 42.5 Å². The van der Waals surface area contributed by atoms with Crippen LogP contribution in [0.5, 0.6) is 0 Å². The molecule has 13 aromatic rings. The van der Waals surface area contributed by atoms with Crippen molar-refractivity contribution in [2.45, 2.75) is 0 Å². The molecule has 1 heterocycles. The van der Waals surface area contributed by atoms with Crippen LogP contribution in [0.4, 0.5) is 0 Å². The molecule has 0 N–H and O–H groups in total. The van der Waals surface area contributed by atoms with Gasteiger partial charge in [0.05, 0.1) is 11.6 Å². The normalized spacial score (nSPS) is 11.5. The van der Waals surface area contributed by atoms with Crippen molar-refractivity contribution in [1.29, 1.82) is 5.26 Å².